The molecule has 0 aromatic carbocycles. The number of aromatic nitrogens is 1. The number of hydrogen-bond donors (Lipinski definition) is 1. The van der Waals surface area contributed by atoms with E-state index < -0.39 is 0 Å². The summed E-state index contributed by atoms with van der Waals surface area (Å²) in [5.74, 6) is 0. The molecule has 2 heterocycles. The van der Waals surface area contributed by atoms with Gasteiger partial charge in [0.1, 0.15) is 5.01 Å². The van der Waals surface area contributed by atoms with E-state index in [9.17, 15) is 0 Å². The minimum atomic E-state index is 0.364. The van der Waals surface area contributed by atoms with Gasteiger partial charge in [0.25, 0.3) is 0 Å². The van der Waals surface area contributed by atoms with Crippen LogP contribution in [0.3, 0.4) is 0 Å². The van der Waals surface area contributed by atoms with E-state index in [1.807, 2.05) is 11.6 Å². The maximum Gasteiger partial charge on any atom is 0.109 e. The van der Waals surface area contributed by atoms with E-state index in [0.29, 0.717) is 6.04 Å². The molecule has 0 saturated carbocycles. The summed E-state index contributed by atoms with van der Waals surface area (Å²) in [6, 6.07) is 2.55. The molecule has 1 unspecified atom stereocenters. The summed E-state index contributed by atoms with van der Waals surface area (Å²) in [5.41, 5.74) is 1.42. The fourth-order valence-corrected chi connectivity index (χ4v) is 2.78. The molecule has 0 spiro atoms. The summed E-state index contributed by atoms with van der Waals surface area (Å²) >= 11 is 3.47. The highest BCUT2D eigenvalue weighted by Gasteiger charge is 2.06. The molecule has 2 aromatic heterocycles. The van der Waals surface area contributed by atoms with Crippen molar-refractivity contribution in [3.05, 3.63) is 39.0 Å². The summed E-state index contributed by atoms with van der Waals surface area (Å²) in [6.07, 6.45) is 2.95. The van der Waals surface area contributed by atoms with Crippen LogP contribution in [0.5, 0.6) is 0 Å². The molecular formula is C11H14N2S2. The Bertz CT molecular complexity index is 367. The van der Waals surface area contributed by atoms with Crippen LogP contribution in [0.1, 0.15) is 23.5 Å². The average Bonchev–Trinajstić information content (AvgIpc) is 2.90. The zero-order chi connectivity index (χ0) is 10.5. The van der Waals surface area contributed by atoms with Crippen LogP contribution in [0.2, 0.25) is 0 Å². The highest BCUT2D eigenvalue weighted by molar-refractivity contribution is 7.09. The van der Waals surface area contributed by atoms with Crippen LogP contribution < -0.4 is 5.32 Å². The van der Waals surface area contributed by atoms with Crippen molar-refractivity contribution in [1.29, 1.82) is 0 Å². The van der Waals surface area contributed by atoms with Crippen LogP contribution in [0.25, 0.3) is 0 Å². The van der Waals surface area contributed by atoms with Gasteiger partial charge < -0.3 is 5.32 Å². The van der Waals surface area contributed by atoms with Gasteiger partial charge in [-0.15, -0.1) is 11.3 Å². The van der Waals surface area contributed by atoms with Crippen LogP contribution in [0, 0.1) is 0 Å². The third-order valence-corrected chi connectivity index (χ3v) is 3.96. The van der Waals surface area contributed by atoms with E-state index in [0.717, 1.165) is 13.0 Å². The van der Waals surface area contributed by atoms with E-state index in [2.05, 4.69) is 34.1 Å². The minimum Gasteiger partial charge on any atom is -0.308 e. The fourth-order valence-electron chi connectivity index (χ4n) is 1.40. The van der Waals surface area contributed by atoms with Crippen LogP contribution >= 0.6 is 22.7 Å². The zero-order valence-corrected chi connectivity index (χ0v) is 10.3. The molecule has 0 amide bonds. The van der Waals surface area contributed by atoms with Gasteiger partial charge in [0, 0.05) is 11.6 Å². The summed E-state index contributed by atoms with van der Waals surface area (Å²) in [6.45, 7) is 3.17. The lowest BCUT2D eigenvalue weighted by Gasteiger charge is -2.10. The number of thiophene rings is 1. The predicted molar refractivity (Wildman–Crippen MR) is 66.6 cm³/mol. The maximum atomic E-state index is 4.29. The van der Waals surface area contributed by atoms with Gasteiger partial charge in [-0.1, -0.05) is 0 Å². The van der Waals surface area contributed by atoms with Crippen molar-refractivity contribution >= 4 is 22.7 Å². The molecule has 0 aliphatic rings. The second-order valence-electron chi connectivity index (χ2n) is 3.43. The SMILES string of the molecule is CC(NCCc1ccsc1)c1nccs1. The van der Waals surface area contributed by atoms with Gasteiger partial charge in [0.2, 0.25) is 0 Å². The summed E-state index contributed by atoms with van der Waals surface area (Å²) in [5, 5.41) is 11.0. The molecule has 1 N–H and O–H groups in total. The summed E-state index contributed by atoms with van der Waals surface area (Å²) in [4.78, 5) is 4.29. The Morgan fingerprint density at radius 2 is 2.40 bits per heavy atom. The first-order valence-electron chi connectivity index (χ1n) is 5.00. The second kappa shape index (κ2) is 5.39. The maximum absolute atomic E-state index is 4.29. The van der Waals surface area contributed by atoms with Crippen LogP contribution in [-0.4, -0.2) is 11.5 Å². The molecule has 2 nitrogen and oxygen atoms in total. The normalized spacial score (nSPS) is 12.9. The van der Waals surface area contributed by atoms with Crippen LogP contribution in [0.4, 0.5) is 0 Å². The second-order valence-corrected chi connectivity index (χ2v) is 5.13. The van der Waals surface area contributed by atoms with Crippen molar-refractivity contribution in [1.82, 2.24) is 10.3 Å². The standard InChI is InChI=1S/C11H14N2S2/c1-9(11-13-5-7-15-11)12-4-2-10-3-6-14-8-10/h3,5-9,12H,2,4H2,1H3. The van der Waals surface area contributed by atoms with Crippen molar-refractivity contribution in [3.8, 4) is 0 Å². The quantitative estimate of drug-likeness (QED) is 0.866. The largest absolute Gasteiger partial charge is 0.308 e. The van der Waals surface area contributed by atoms with E-state index in [4.69, 9.17) is 0 Å². The number of hydrogen-bond acceptors (Lipinski definition) is 4. The first-order chi connectivity index (χ1) is 7.36. The molecule has 0 aliphatic heterocycles. The zero-order valence-electron chi connectivity index (χ0n) is 8.64. The Morgan fingerprint density at radius 3 is 3.07 bits per heavy atom. The number of nitrogens with one attached hydrogen (secondary N) is 1. The molecule has 80 valence electrons. The van der Waals surface area contributed by atoms with Gasteiger partial charge in [0.15, 0.2) is 0 Å². The third-order valence-electron chi connectivity index (χ3n) is 2.27. The van der Waals surface area contributed by atoms with E-state index in [1.54, 1.807) is 22.7 Å². The highest BCUT2D eigenvalue weighted by atomic mass is 32.1. The Morgan fingerprint density at radius 1 is 1.47 bits per heavy atom. The van der Waals surface area contributed by atoms with Gasteiger partial charge in [-0.25, -0.2) is 4.98 Å². The highest BCUT2D eigenvalue weighted by Crippen LogP contribution is 2.14. The summed E-state index contributed by atoms with van der Waals surface area (Å²) < 4.78 is 0. The molecule has 1 atom stereocenters. The van der Waals surface area contributed by atoms with Gasteiger partial charge >= 0.3 is 0 Å². The smallest absolute Gasteiger partial charge is 0.109 e. The summed E-state index contributed by atoms with van der Waals surface area (Å²) in [7, 11) is 0. The van der Waals surface area contributed by atoms with E-state index in [-0.39, 0.29) is 0 Å². The molecule has 0 fully saturated rings. The first-order valence-corrected chi connectivity index (χ1v) is 6.82. The monoisotopic (exact) mass is 238 g/mol. The van der Waals surface area contributed by atoms with Crippen molar-refractivity contribution in [2.24, 2.45) is 0 Å². The fraction of sp³-hybridized carbons (Fsp3) is 0.364. The number of nitrogens with zero attached hydrogens (tertiary/aromatic N) is 1. The topological polar surface area (TPSA) is 24.9 Å². The molecule has 0 radical (unpaired) electrons. The van der Waals surface area contributed by atoms with Crippen molar-refractivity contribution in [3.63, 3.8) is 0 Å². The van der Waals surface area contributed by atoms with Gasteiger partial charge in [-0.05, 0) is 42.3 Å². The van der Waals surface area contributed by atoms with Crippen molar-refractivity contribution in [2.75, 3.05) is 6.54 Å². The molecule has 2 rings (SSSR count). The minimum absolute atomic E-state index is 0.364. The van der Waals surface area contributed by atoms with Crippen LogP contribution in [0.15, 0.2) is 28.4 Å². The lowest BCUT2D eigenvalue weighted by molar-refractivity contribution is 0.574. The molecule has 0 aliphatic carbocycles. The molecular weight excluding hydrogens is 224 g/mol. The molecule has 4 heteroatoms. The molecule has 2 aromatic rings. The Hall–Kier alpha value is -0.710. The van der Waals surface area contributed by atoms with Crippen LogP contribution in [-0.2, 0) is 6.42 Å². The first kappa shape index (κ1) is 10.8. The van der Waals surface area contributed by atoms with E-state index >= 15 is 0 Å². The van der Waals surface area contributed by atoms with Crippen molar-refractivity contribution < 1.29 is 0 Å². The third kappa shape index (κ3) is 3.12. The van der Waals surface area contributed by atoms with Gasteiger partial charge in [0.05, 0.1) is 6.04 Å². The molecule has 0 bridgehead atoms. The van der Waals surface area contributed by atoms with E-state index in [1.165, 1.54) is 10.6 Å². The Balaban J connectivity index is 1.74. The lowest BCUT2D eigenvalue weighted by Crippen LogP contribution is -2.21. The molecule has 0 saturated heterocycles. The Labute approximate surface area is 98.0 Å². The van der Waals surface area contributed by atoms with Gasteiger partial charge in [-0.2, -0.15) is 11.3 Å². The van der Waals surface area contributed by atoms with Gasteiger partial charge in [-0.3, -0.25) is 0 Å². The predicted octanol–water partition coefficient (Wildman–Crippen LogP) is 3.10. The lowest BCUT2D eigenvalue weighted by atomic mass is 10.2. The number of thiazole rings is 1. The molecule has 15 heavy (non-hydrogen) atoms. The number of rotatable bonds is 5. The van der Waals surface area contributed by atoms with Crippen molar-refractivity contribution in [2.45, 2.75) is 19.4 Å². The Kier molecular flexibility index (Phi) is 3.88. The average molecular weight is 238 g/mol.